The number of aliphatic hydroxyl groups is 1. The van der Waals surface area contributed by atoms with Crippen molar-refractivity contribution in [3.05, 3.63) is 0 Å². The highest BCUT2D eigenvalue weighted by Crippen LogP contribution is 2.03. The summed E-state index contributed by atoms with van der Waals surface area (Å²) in [4.78, 5) is 0. The van der Waals surface area contributed by atoms with Crippen molar-refractivity contribution in [2.45, 2.75) is 57.7 Å². The third-order valence-corrected chi connectivity index (χ3v) is 1.46. The van der Waals surface area contributed by atoms with Crippen LogP contribution in [0.5, 0.6) is 0 Å². The fourth-order valence-electron chi connectivity index (χ4n) is 0.750. The van der Waals surface area contributed by atoms with E-state index in [1.54, 1.807) is 0 Å². The molecular weight excluding hydrogens is 280 g/mol. The predicted molar refractivity (Wildman–Crippen MR) is 83.5 cm³/mol. The van der Waals surface area contributed by atoms with Gasteiger partial charge in [-0.25, -0.2) is 0 Å². The van der Waals surface area contributed by atoms with E-state index in [0.29, 0.717) is 0 Å². The lowest BCUT2D eigenvalue weighted by molar-refractivity contribution is 0.399. The summed E-state index contributed by atoms with van der Waals surface area (Å²) in [7, 11) is 1.00. The van der Waals surface area contributed by atoms with Crippen molar-refractivity contribution in [1.29, 1.82) is 0 Å². The van der Waals surface area contributed by atoms with Crippen molar-refractivity contribution in [2.75, 3.05) is 20.2 Å². The minimum Gasteiger partial charge on any atom is -0.400 e. The molecule has 0 aliphatic carbocycles. The monoisotopic (exact) mass is 309 g/mol. The molecule has 0 amide bonds. The molecule has 0 atom stereocenters. The van der Waals surface area contributed by atoms with Crippen LogP contribution in [-0.2, 0) is 0 Å². The van der Waals surface area contributed by atoms with Crippen molar-refractivity contribution in [1.82, 2.24) is 5.32 Å². The highest BCUT2D eigenvalue weighted by Gasteiger charge is 1.79. The van der Waals surface area contributed by atoms with Gasteiger partial charge in [0.1, 0.15) is 0 Å². The van der Waals surface area contributed by atoms with Gasteiger partial charge in [0.2, 0.25) is 0 Å². The second kappa shape index (κ2) is 36.0. The lowest BCUT2D eigenvalue weighted by Crippen LogP contribution is -2.09. The van der Waals surface area contributed by atoms with E-state index in [0.717, 1.165) is 20.2 Å². The first-order valence-electron chi connectivity index (χ1n) is 6.14. The zero-order valence-electron chi connectivity index (χ0n) is 11.9. The summed E-state index contributed by atoms with van der Waals surface area (Å²) in [5.41, 5.74) is 0. The Balaban J connectivity index is -0.0000000705. The number of nitrogens with one attached hydrogen (secondary N) is 1. The van der Waals surface area contributed by atoms with Crippen LogP contribution in [0.1, 0.15) is 53.4 Å². The number of rotatable bonds is 5. The van der Waals surface area contributed by atoms with Crippen LogP contribution in [-0.4, -0.2) is 29.6 Å². The lowest BCUT2D eigenvalue weighted by Gasteiger charge is -1.86. The van der Waals surface area contributed by atoms with Crippen LogP contribution in [0.15, 0.2) is 0 Å². The van der Waals surface area contributed by atoms with Crippen LogP contribution in [0, 0.1) is 0 Å². The van der Waals surface area contributed by atoms with E-state index in [2.05, 4.69) is 33.0 Å². The largest absolute Gasteiger partial charge is 0.400 e. The van der Waals surface area contributed by atoms with Crippen molar-refractivity contribution in [3.8, 4) is 0 Å². The molecule has 0 bridgehead atoms. The second-order valence-corrected chi connectivity index (χ2v) is 4.89. The highest BCUT2D eigenvalue weighted by molar-refractivity contribution is 6.63. The average molecular weight is 311 g/mol. The molecule has 0 heterocycles. The third-order valence-electron chi connectivity index (χ3n) is 1.46. The smallest absolute Gasteiger partial charge is 0.180 e. The van der Waals surface area contributed by atoms with E-state index in [-0.39, 0.29) is 0 Å². The Labute approximate surface area is 123 Å². The Bertz CT molecular complexity index is 77.4. The van der Waals surface area contributed by atoms with Crippen molar-refractivity contribution >= 4 is 34.8 Å². The minimum atomic E-state index is -0.750. The molecule has 110 valence electrons. The molecule has 0 fully saturated rings. The van der Waals surface area contributed by atoms with Gasteiger partial charge in [0.05, 0.1) is 0 Å². The Hall–Kier alpha value is 0.790. The van der Waals surface area contributed by atoms with Crippen LogP contribution < -0.4 is 5.32 Å². The van der Waals surface area contributed by atoms with Gasteiger partial charge in [0, 0.05) is 7.11 Å². The van der Waals surface area contributed by atoms with Crippen molar-refractivity contribution in [3.63, 3.8) is 0 Å². The van der Waals surface area contributed by atoms with E-state index in [4.69, 9.17) is 39.9 Å². The van der Waals surface area contributed by atoms with Crippen LogP contribution in [0.25, 0.3) is 0 Å². The summed E-state index contributed by atoms with van der Waals surface area (Å²) in [6.45, 7) is 10.9. The number of unbranched alkanes of at least 4 members (excludes halogenated alkanes) is 3. The van der Waals surface area contributed by atoms with Gasteiger partial charge in [-0.1, -0.05) is 88.2 Å². The van der Waals surface area contributed by atoms with Crippen LogP contribution in [0.4, 0.5) is 0 Å². The first-order chi connectivity index (χ1) is 8.06. The molecule has 0 saturated carbocycles. The highest BCUT2D eigenvalue weighted by atomic mass is 35.6. The SMILES string of the molecule is CCCCCC.CCNCC.CO.ClC(Cl)Cl. The number of aliphatic hydroxyl groups excluding tert-OH is 1. The maximum atomic E-state index is 7.00. The summed E-state index contributed by atoms with van der Waals surface area (Å²) in [6, 6.07) is 0. The standard InChI is InChI=1S/C6H14.C4H11N.CHCl3.CH4O/c1-3-5-6-4-2;1-3-5-4-2;2-1(3)4;1-2/h3-6H2,1-2H3;5H,3-4H2,1-2H3;1H;2H,1H3. The van der Waals surface area contributed by atoms with E-state index >= 15 is 0 Å². The second-order valence-electron chi connectivity index (χ2n) is 2.91. The fourth-order valence-corrected chi connectivity index (χ4v) is 0.750. The van der Waals surface area contributed by atoms with Gasteiger partial charge in [0.15, 0.2) is 4.30 Å². The molecule has 2 nitrogen and oxygen atoms in total. The molecule has 5 heteroatoms. The van der Waals surface area contributed by atoms with E-state index in [9.17, 15) is 0 Å². The van der Waals surface area contributed by atoms with Gasteiger partial charge < -0.3 is 10.4 Å². The molecule has 17 heavy (non-hydrogen) atoms. The van der Waals surface area contributed by atoms with Crippen molar-refractivity contribution < 1.29 is 5.11 Å². The number of hydrogen-bond acceptors (Lipinski definition) is 2. The molecule has 0 aliphatic heterocycles. The lowest BCUT2D eigenvalue weighted by atomic mass is 10.2. The summed E-state index contributed by atoms with van der Waals surface area (Å²) in [5, 5.41) is 10.1. The first kappa shape index (κ1) is 26.4. The van der Waals surface area contributed by atoms with Crippen molar-refractivity contribution in [2.24, 2.45) is 0 Å². The molecule has 0 radical (unpaired) electrons. The van der Waals surface area contributed by atoms with Crippen LogP contribution >= 0.6 is 34.8 Å². The van der Waals surface area contributed by atoms with Crippen LogP contribution in [0.2, 0.25) is 0 Å². The molecule has 0 aromatic heterocycles. The normalized spacial score (nSPS) is 8.12. The quantitative estimate of drug-likeness (QED) is 0.565. The van der Waals surface area contributed by atoms with Gasteiger partial charge in [-0.15, -0.1) is 0 Å². The summed E-state index contributed by atoms with van der Waals surface area (Å²) < 4.78 is -0.750. The minimum absolute atomic E-state index is 0.750. The van der Waals surface area contributed by atoms with Gasteiger partial charge in [0.25, 0.3) is 0 Å². The first-order valence-corrected chi connectivity index (χ1v) is 7.45. The summed E-state index contributed by atoms with van der Waals surface area (Å²) in [5.74, 6) is 0. The molecule has 0 saturated heterocycles. The van der Waals surface area contributed by atoms with Gasteiger partial charge in [-0.05, 0) is 13.1 Å². The van der Waals surface area contributed by atoms with E-state index < -0.39 is 4.30 Å². The molecule has 0 aromatic carbocycles. The zero-order valence-corrected chi connectivity index (χ0v) is 14.2. The van der Waals surface area contributed by atoms with Gasteiger partial charge in [-0.2, -0.15) is 0 Å². The maximum Gasteiger partial charge on any atom is 0.180 e. The maximum absolute atomic E-state index is 7.00. The molecular formula is C12H30Cl3NO. The Morgan fingerprint density at radius 2 is 1.06 bits per heavy atom. The average Bonchev–Trinajstić information content (AvgIpc) is 2.30. The van der Waals surface area contributed by atoms with Gasteiger partial charge >= 0.3 is 0 Å². The third kappa shape index (κ3) is 110. The predicted octanol–water partition coefficient (Wildman–Crippen LogP) is 4.80. The fraction of sp³-hybridized carbons (Fsp3) is 1.00. The molecule has 0 rings (SSSR count). The summed E-state index contributed by atoms with van der Waals surface area (Å²) in [6.07, 6.45) is 5.54. The molecule has 2 N–H and O–H groups in total. The number of alkyl halides is 3. The molecule has 0 aliphatic rings. The molecule has 0 unspecified atom stereocenters. The van der Waals surface area contributed by atoms with Gasteiger partial charge in [-0.3, -0.25) is 0 Å². The van der Waals surface area contributed by atoms with E-state index in [1.807, 2.05) is 0 Å². The van der Waals surface area contributed by atoms with Crippen LogP contribution in [0.3, 0.4) is 0 Å². The zero-order chi connectivity index (χ0) is 14.5. The topological polar surface area (TPSA) is 32.3 Å². The van der Waals surface area contributed by atoms with E-state index in [1.165, 1.54) is 25.7 Å². The Kier molecular flexibility index (Phi) is 55.8. The number of hydrogen-bond donors (Lipinski definition) is 2. The summed E-state index contributed by atoms with van der Waals surface area (Å²) >= 11 is 14.4. The number of halogens is 3. The Morgan fingerprint density at radius 1 is 0.824 bits per heavy atom. The molecule has 0 aromatic rings. The Morgan fingerprint density at radius 3 is 1.12 bits per heavy atom. The molecule has 0 spiro atoms.